The Labute approximate surface area is 202 Å². The number of rotatable bonds is 6. The summed E-state index contributed by atoms with van der Waals surface area (Å²) >= 11 is 0. The van der Waals surface area contributed by atoms with Crippen molar-refractivity contribution >= 4 is 27.5 Å². The van der Waals surface area contributed by atoms with Crippen LogP contribution in [0.1, 0.15) is 17.3 Å². The van der Waals surface area contributed by atoms with Gasteiger partial charge in [0.25, 0.3) is 0 Å². The molecule has 35 heavy (non-hydrogen) atoms. The number of H-pyrrole nitrogens is 2. The second-order valence-electron chi connectivity index (χ2n) is 8.73. The average molecular weight is 460 g/mol. The van der Waals surface area contributed by atoms with Crippen molar-refractivity contribution in [2.24, 2.45) is 0 Å². The molecular weight excluding hydrogens is 434 g/mol. The van der Waals surface area contributed by atoms with Crippen molar-refractivity contribution in [3.05, 3.63) is 103 Å². The Morgan fingerprint density at radius 1 is 0.943 bits per heavy atom. The van der Waals surface area contributed by atoms with Gasteiger partial charge in [-0.2, -0.15) is 5.10 Å². The molecule has 6 aromatic rings. The van der Waals surface area contributed by atoms with Crippen LogP contribution in [0.5, 0.6) is 0 Å². The van der Waals surface area contributed by atoms with E-state index in [1.165, 1.54) is 0 Å². The first-order chi connectivity index (χ1) is 17.2. The zero-order chi connectivity index (χ0) is 23.8. The van der Waals surface area contributed by atoms with Gasteiger partial charge in [0, 0.05) is 28.1 Å². The third kappa shape index (κ3) is 3.84. The maximum atomic E-state index is 10.1. The van der Waals surface area contributed by atoms with Gasteiger partial charge >= 0.3 is 0 Å². The van der Waals surface area contributed by atoms with Crippen molar-refractivity contribution < 1.29 is 5.11 Å². The quantitative estimate of drug-likeness (QED) is 0.238. The van der Waals surface area contributed by atoms with E-state index in [9.17, 15) is 5.11 Å². The van der Waals surface area contributed by atoms with Crippen LogP contribution >= 0.6 is 0 Å². The number of anilines is 1. The lowest BCUT2D eigenvalue weighted by molar-refractivity contribution is 0.276. The Balaban J connectivity index is 1.51. The fraction of sp³-hybridized carbons (Fsp3) is 0.103. The van der Waals surface area contributed by atoms with Gasteiger partial charge in [-0.05, 0) is 42.3 Å². The molecule has 6 rings (SSSR count). The lowest BCUT2D eigenvalue weighted by Gasteiger charge is -2.19. The minimum Gasteiger partial charge on any atom is -0.394 e. The first-order valence-corrected chi connectivity index (χ1v) is 11.7. The molecule has 0 spiro atoms. The van der Waals surface area contributed by atoms with Gasteiger partial charge in [0.2, 0.25) is 0 Å². The number of nitrogens with one attached hydrogen (secondary N) is 3. The number of para-hydroxylation sites is 1. The molecule has 6 heteroatoms. The second-order valence-corrected chi connectivity index (χ2v) is 8.73. The number of pyridine rings is 1. The molecule has 0 fully saturated rings. The van der Waals surface area contributed by atoms with E-state index in [2.05, 4.69) is 69.0 Å². The molecule has 0 saturated carbocycles. The van der Waals surface area contributed by atoms with Crippen molar-refractivity contribution in [3.63, 3.8) is 0 Å². The van der Waals surface area contributed by atoms with Crippen LogP contribution in [0.15, 0.2) is 91.3 Å². The smallest absolute Gasteiger partial charge is 0.0803 e. The monoisotopic (exact) mass is 459 g/mol. The minimum absolute atomic E-state index is 0.0247. The van der Waals surface area contributed by atoms with E-state index in [0.717, 1.165) is 61.1 Å². The number of hydrogen-bond acceptors (Lipinski definition) is 4. The molecule has 0 aliphatic carbocycles. The minimum atomic E-state index is -0.234. The SMILES string of the molecule is Cc1n[nH]c2ccc(-c3cc(NC(CO)c4ccccc4)cnc3-c3cccc4cc[nH]c34)cc12. The van der Waals surface area contributed by atoms with Crippen LogP contribution in [0.3, 0.4) is 0 Å². The highest BCUT2D eigenvalue weighted by atomic mass is 16.3. The molecular formula is C29H25N5O. The second kappa shape index (κ2) is 8.74. The van der Waals surface area contributed by atoms with Gasteiger partial charge in [-0.1, -0.05) is 54.6 Å². The van der Waals surface area contributed by atoms with Crippen molar-refractivity contribution in [1.82, 2.24) is 20.2 Å². The highest BCUT2D eigenvalue weighted by molar-refractivity contribution is 5.98. The summed E-state index contributed by atoms with van der Waals surface area (Å²) < 4.78 is 0. The van der Waals surface area contributed by atoms with E-state index in [1.54, 1.807) is 0 Å². The van der Waals surface area contributed by atoms with Gasteiger partial charge < -0.3 is 15.4 Å². The van der Waals surface area contributed by atoms with Gasteiger partial charge in [0.15, 0.2) is 0 Å². The molecule has 6 nitrogen and oxygen atoms in total. The molecule has 1 unspecified atom stereocenters. The number of hydrogen-bond donors (Lipinski definition) is 4. The van der Waals surface area contributed by atoms with Crippen LogP contribution < -0.4 is 5.32 Å². The Bertz CT molecular complexity index is 1630. The Hall–Kier alpha value is -4.42. The van der Waals surface area contributed by atoms with Gasteiger partial charge in [0.1, 0.15) is 0 Å². The van der Waals surface area contributed by atoms with E-state index < -0.39 is 0 Å². The van der Waals surface area contributed by atoms with Crippen LogP contribution in [0.4, 0.5) is 5.69 Å². The van der Waals surface area contributed by atoms with Gasteiger partial charge in [-0.3, -0.25) is 10.1 Å². The van der Waals surface area contributed by atoms with E-state index in [-0.39, 0.29) is 12.6 Å². The highest BCUT2D eigenvalue weighted by Crippen LogP contribution is 2.37. The molecule has 3 aromatic heterocycles. The van der Waals surface area contributed by atoms with Crippen LogP contribution in [0.2, 0.25) is 0 Å². The molecule has 0 amide bonds. The van der Waals surface area contributed by atoms with Gasteiger partial charge in [-0.25, -0.2) is 0 Å². The number of aryl methyl sites for hydroxylation is 1. The van der Waals surface area contributed by atoms with Crippen LogP contribution in [0, 0.1) is 6.92 Å². The van der Waals surface area contributed by atoms with Crippen molar-refractivity contribution in [3.8, 4) is 22.4 Å². The lowest BCUT2D eigenvalue weighted by atomic mass is 9.96. The normalized spacial score (nSPS) is 12.3. The largest absolute Gasteiger partial charge is 0.394 e. The summed E-state index contributed by atoms with van der Waals surface area (Å²) in [6.45, 7) is 1.98. The predicted octanol–water partition coefficient (Wildman–Crippen LogP) is 6.23. The van der Waals surface area contributed by atoms with Gasteiger partial charge in [-0.15, -0.1) is 0 Å². The number of nitrogens with zero attached hydrogens (tertiary/aromatic N) is 2. The van der Waals surface area contributed by atoms with E-state index in [0.29, 0.717) is 0 Å². The topological polar surface area (TPSA) is 89.6 Å². The Morgan fingerprint density at radius 3 is 2.69 bits per heavy atom. The molecule has 0 aliphatic heterocycles. The van der Waals surface area contributed by atoms with Crippen molar-refractivity contribution in [2.45, 2.75) is 13.0 Å². The number of aromatic amines is 2. The summed E-state index contributed by atoms with van der Waals surface area (Å²) in [5.74, 6) is 0. The van der Waals surface area contributed by atoms with Crippen LogP contribution in [-0.4, -0.2) is 31.9 Å². The lowest BCUT2D eigenvalue weighted by Crippen LogP contribution is -2.15. The summed E-state index contributed by atoms with van der Waals surface area (Å²) in [5.41, 5.74) is 8.87. The van der Waals surface area contributed by atoms with E-state index in [4.69, 9.17) is 4.98 Å². The molecule has 0 aliphatic rings. The standard InChI is InChI=1S/C29H25N5O/c1-18-24-14-21(10-11-26(24)34-33-18)25-15-22(32-27(17-35)19-6-3-2-4-7-19)16-31-29(25)23-9-5-8-20-12-13-30-28(20)23/h2-16,27,30,32,35H,17H2,1H3,(H,33,34). The van der Waals surface area contributed by atoms with Crippen LogP contribution in [-0.2, 0) is 0 Å². The molecule has 0 radical (unpaired) electrons. The number of aliphatic hydroxyl groups is 1. The molecule has 3 aromatic carbocycles. The van der Waals surface area contributed by atoms with Crippen molar-refractivity contribution in [2.75, 3.05) is 11.9 Å². The first kappa shape index (κ1) is 21.1. The number of aromatic nitrogens is 4. The molecule has 3 heterocycles. The highest BCUT2D eigenvalue weighted by Gasteiger charge is 2.17. The Kier molecular flexibility index (Phi) is 5.28. The fourth-order valence-corrected chi connectivity index (χ4v) is 4.69. The first-order valence-electron chi connectivity index (χ1n) is 11.7. The van der Waals surface area contributed by atoms with Crippen molar-refractivity contribution in [1.29, 1.82) is 0 Å². The number of aliphatic hydroxyl groups excluding tert-OH is 1. The molecule has 0 bridgehead atoms. The molecule has 1 atom stereocenters. The third-order valence-corrected chi connectivity index (χ3v) is 6.52. The zero-order valence-electron chi connectivity index (χ0n) is 19.3. The summed E-state index contributed by atoms with van der Waals surface area (Å²) in [7, 11) is 0. The summed E-state index contributed by atoms with van der Waals surface area (Å²) in [6, 6.07) is 26.5. The summed E-state index contributed by atoms with van der Waals surface area (Å²) in [6.07, 6.45) is 3.80. The predicted molar refractivity (Wildman–Crippen MR) is 141 cm³/mol. The maximum absolute atomic E-state index is 10.1. The maximum Gasteiger partial charge on any atom is 0.0803 e. The summed E-state index contributed by atoms with van der Waals surface area (Å²) in [5, 5.41) is 23.2. The average Bonchev–Trinajstić information content (AvgIpc) is 3.54. The molecule has 4 N–H and O–H groups in total. The fourth-order valence-electron chi connectivity index (χ4n) is 4.69. The summed E-state index contributed by atoms with van der Waals surface area (Å²) in [4.78, 5) is 8.31. The van der Waals surface area contributed by atoms with E-state index >= 15 is 0 Å². The van der Waals surface area contributed by atoms with Crippen LogP contribution in [0.25, 0.3) is 44.2 Å². The van der Waals surface area contributed by atoms with Gasteiger partial charge in [0.05, 0.1) is 47.0 Å². The zero-order valence-corrected chi connectivity index (χ0v) is 19.3. The third-order valence-electron chi connectivity index (χ3n) is 6.52. The van der Waals surface area contributed by atoms with E-state index in [1.807, 2.05) is 49.6 Å². The molecule has 172 valence electrons. The molecule has 0 saturated heterocycles. The number of benzene rings is 3. The number of fused-ring (bicyclic) bond motifs is 2. The Morgan fingerprint density at radius 2 is 1.83 bits per heavy atom.